The van der Waals surface area contributed by atoms with E-state index in [1.807, 2.05) is 19.1 Å². The van der Waals surface area contributed by atoms with E-state index in [1.54, 1.807) is 0 Å². The lowest BCUT2D eigenvalue weighted by atomic mass is 10.2. The summed E-state index contributed by atoms with van der Waals surface area (Å²) < 4.78 is 6.94. The van der Waals surface area contributed by atoms with Gasteiger partial charge in [-0.05, 0) is 29.3 Å². The quantitative estimate of drug-likeness (QED) is 0.584. The van der Waals surface area contributed by atoms with Crippen molar-refractivity contribution in [2.75, 3.05) is 0 Å². The maximum atomic E-state index is 10.2. The zero-order chi connectivity index (χ0) is 19.2. The van der Waals surface area contributed by atoms with E-state index in [0.717, 1.165) is 0 Å². The summed E-state index contributed by atoms with van der Waals surface area (Å²) in [4.78, 5) is 0. The molecule has 0 saturated heterocycles. The van der Waals surface area contributed by atoms with E-state index in [0.29, 0.717) is 6.42 Å². The molecule has 2 aromatic carbocycles. The molecule has 0 fully saturated rings. The van der Waals surface area contributed by atoms with Gasteiger partial charge in [0.25, 0.3) is 8.32 Å². The standard InChI is InChI=1S/C23H32O2Si/c1-6-13-20(24)18-19(2)25-26(23(3,4)5,21-14-9-7-10-15-21)22-16-11-8-12-17-22/h6-17,19-20,24H,18H2,1-5H3/b13-6-/t19-,20-/m1/s1. The molecule has 0 radical (unpaired) electrons. The Morgan fingerprint density at radius 2 is 1.42 bits per heavy atom. The molecule has 2 atom stereocenters. The van der Waals surface area contributed by atoms with Crippen molar-refractivity contribution < 1.29 is 9.53 Å². The van der Waals surface area contributed by atoms with Crippen LogP contribution in [0.5, 0.6) is 0 Å². The fourth-order valence-corrected chi connectivity index (χ4v) is 8.40. The summed E-state index contributed by atoms with van der Waals surface area (Å²) >= 11 is 0. The van der Waals surface area contributed by atoms with Gasteiger partial charge < -0.3 is 9.53 Å². The van der Waals surface area contributed by atoms with E-state index in [4.69, 9.17) is 4.43 Å². The summed E-state index contributed by atoms with van der Waals surface area (Å²) in [5, 5.41) is 12.7. The largest absolute Gasteiger partial charge is 0.405 e. The summed E-state index contributed by atoms with van der Waals surface area (Å²) in [6.07, 6.45) is 3.78. The minimum absolute atomic E-state index is 0.0461. The fraction of sp³-hybridized carbons (Fsp3) is 0.391. The third-order valence-electron chi connectivity index (χ3n) is 4.78. The van der Waals surface area contributed by atoms with Gasteiger partial charge in [-0.2, -0.15) is 0 Å². The number of aliphatic hydroxyl groups is 1. The van der Waals surface area contributed by atoms with Crippen LogP contribution in [0.1, 0.15) is 41.0 Å². The molecule has 0 spiro atoms. The summed E-state index contributed by atoms with van der Waals surface area (Å²) in [6.45, 7) is 10.8. The van der Waals surface area contributed by atoms with Crippen molar-refractivity contribution in [3.63, 3.8) is 0 Å². The Morgan fingerprint density at radius 1 is 0.962 bits per heavy atom. The van der Waals surface area contributed by atoms with Crippen molar-refractivity contribution in [2.45, 2.75) is 58.3 Å². The van der Waals surface area contributed by atoms with E-state index in [-0.39, 0.29) is 11.1 Å². The number of hydrogen-bond acceptors (Lipinski definition) is 2. The molecule has 0 unspecified atom stereocenters. The predicted molar refractivity (Wildman–Crippen MR) is 114 cm³/mol. The number of hydrogen-bond donors (Lipinski definition) is 1. The third-order valence-corrected chi connectivity index (χ3v) is 9.94. The van der Waals surface area contributed by atoms with Crippen molar-refractivity contribution >= 4 is 18.7 Å². The Morgan fingerprint density at radius 3 is 1.81 bits per heavy atom. The van der Waals surface area contributed by atoms with Gasteiger partial charge in [-0.1, -0.05) is 93.6 Å². The van der Waals surface area contributed by atoms with Crippen LogP contribution in [0.2, 0.25) is 5.04 Å². The van der Waals surface area contributed by atoms with E-state index in [2.05, 4.69) is 88.4 Å². The first kappa shape index (κ1) is 20.6. The molecule has 0 aliphatic rings. The van der Waals surface area contributed by atoms with Gasteiger partial charge in [0.1, 0.15) is 0 Å². The Balaban J connectivity index is 2.54. The highest BCUT2D eigenvalue weighted by Gasteiger charge is 2.50. The molecule has 140 valence electrons. The monoisotopic (exact) mass is 368 g/mol. The minimum Gasteiger partial charge on any atom is -0.405 e. The highest BCUT2D eigenvalue weighted by molar-refractivity contribution is 6.99. The molecule has 0 aliphatic heterocycles. The van der Waals surface area contributed by atoms with Crippen molar-refractivity contribution in [2.24, 2.45) is 0 Å². The molecule has 2 aromatic rings. The maximum Gasteiger partial charge on any atom is 0.261 e. The Bertz CT molecular complexity index is 650. The van der Waals surface area contributed by atoms with Gasteiger partial charge in [0, 0.05) is 12.5 Å². The van der Waals surface area contributed by atoms with Crippen molar-refractivity contribution in [3.05, 3.63) is 72.8 Å². The minimum atomic E-state index is -2.54. The lowest BCUT2D eigenvalue weighted by Crippen LogP contribution is -2.67. The van der Waals surface area contributed by atoms with Crippen LogP contribution < -0.4 is 10.4 Å². The van der Waals surface area contributed by atoms with Crippen LogP contribution in [-0.4, -0.2) is 25.6 Å². The van der Waals surface area contributed by atoms with Crippen molar-refractivity contribution in [1.29, 1.82) is 0 Å². The molecule has 0 amide bonds. The third kappa shape index (κ3) is 4.53. The molecule has 3 heteroatoms. The summed E-state index contributed by atoms with van der Waals surface area (Å²) in [6, 6.07) is 21.2. The van der Waals surface area contributed by atoms with Gasteiger partial charge in [0.05, 0.1) is 6.10 Å². The second-order valence-corrected chi connectivity index (χ2v) is 12.2. The van der Waals surface area contributed by atoms with Gasteiger partial charge >= 0.3 is 0 Å². The Kier molecular flexibility index (Phi) is 6.99. The van der Waals surface area contributed by atoms with E-state index in [1.165, 1.54) is 10.4 Å². The van der Waals surface area contributed by atoms with E-state index in [9.17, 15) is 5.11 Å². The fourth-order valence-electron chi connectivity index (χ4n) is 3.68. The van der Waals surface area contributed by atoms with Crippen molar-refractivity contribution in [3.8, 4) is 0 Å². The molecular weight excluding hydrogens is 336 g/mol. The molecule has 0 aromatic heterocycles. The second kappa shape index (κ2) is 8.80. The molecule has 0 bridgehead atoms. The molecule has 0 saturated carbocycles. The highest BCUT2D eigenvalue weighted by Crippen LogP contribution is 2.37. The van der Waals surface area contributed by atoms with Gasteiger partial charge in [0.2, 0.25) is 0 Å². The predicted octanol–water partition coefficient (Wildman–Crippen LogP) is 4.28. The first-order valence-electron chi connectivity index (χ1n) is 9.41. The molecular formula is C23H32O2Si. The van der Waals surface area contributed by atoms with E-state index < -0.39 is 14.4 Å². The summed E-state index contributed by atoms with van der Waals surface area (Å²) in [7, 11) is -2.54. The van der Waals surface area contributed by atoms with Crippen molar-refractivity contribution in [1.82, 2.24) is 0 Å². The van der Waals surface area contributed by atoms with Gasteiger partial charge in [-0.15, -0.1) is 0 Å². The Labute approximate surface area is 159 Å². The number of benzene rings is 2. The first-order chi connectivity index (χ1) is 12.3. The lowest BCUT2D eigenvalue weighted by molar-refractivity contribution is 0.125. The average molecular weight is 369 g/mol. The van der Waals surface area contributed by atoms with Gasteiger partial charge in [-0.25, -0.2) is 0 Å². The van der Waals surface area contributed by atoms with Crippen LogP contribution in [0.4, 0.5) is 0 Å². The van der Waals surface area contributed by atoms with Crippen LogP contribution >= 0.6 is 0 Å². The zero-order valence-electron chi connectivity index (χ0n) is 16.6. The Hall–Kier alpha value is -1.68. The summed E-state index contributed by atoms with van der Waals surface area (Å²) in [5.41, 5.74) is 0. The maximum absolute atomic E-state index is 10.2. The lowest BCUT2D eigenvalue weighted by Gasteiger charge is -2.44. The van der Waals surface area contributed by atoms with Crippen LogP contribution in [0.25, 0.3) is 0 Å². The second-order valence-electron chi connectivity index (χ2n) is 7.92. The number of allylic oxidation sites excluding steroid dienone is 1. The SMILES string of the molecule is C/C=C\[C@@H](O)C[C@@H](C)O[Si](c1ccccc1)(c1ccccc1)C(C)(C)C. The molecule has 0 aliphatic carbocycles. The normalized spacial score (nSPS) is 15.2. The smallest absolute Gasteiger partial charge is 0.261 e. The van der Waals surface area contributed by atoms with Crippen LogP contribution in [0.3, 0.4) is 0 Å². The first-order valence-corrected chi connectivity index (χ1v) is 11.3. The number of aliphatic hydroxyl groups excluding tert-OH is 1. The molecule has 0 heterocycles. The van der Waals surface area contributed by atoms with Gasteiger partial charge in [0.15, 0.2) is 0 Å². The average Bonchev–Trinajstić information content (AvgIpc) is 2.60. The topological polar surface area (TPSA) is 29.5 Å². The summed E-state index contributed by atoms with van der Waals surface area (Å²) in [5.74, 6) is 0. The number of rotatable bonds is 7. The molecule has 26 heavy (non-hydrogen) atoms. The van der Waals surface area contributed by atoms with Crippen LogP contribution in [-0.2, 0) is 4.43 Å². The van der Waals surface area contributed by atoms with Crippen LogP contribution in [0, 0.1) is 0 Å². The molecule has 2 nitrogen and oxygen atoms in total. The van der Waals surface area contributed by atoms with E-state index >= 15 is 0 Å². The van der Waals surface area contributed by atoms with Gasteiger partial charge in [-0.3, -0.25) is 0 Å². The zero-order valence-corrected chi connectivity index (χ0v) is 17.6. The molecule has 1 N–H and O–H groups in total. The van der Waals surface area contributed by atoms with Crippen LogP contribution in [0.15, 0.2) is 72.8 Å². The molecule has 2 rings (SSSR count). The highest BCUT2D eigenvalue weighted by atomic mass is 28.4.